The number of phenolic OH excluding ortho intramolecular Hbond substituents is 1. The van der Waals surface area contributed by atoms with Crippen LogP contribution in [0, 0.1) is 12.8 Å². The van der Waals surface area contributed by atoms with Gasteiger partial charge in [0.1, 0.15) is 5.75 Å². The van der Waals surface area contributed by atoms with E-state index in [0.717, 1.165) is 23.5 Å². The first-order valence-electron chi connectivity index (χ1n) is 8.19. The zero-order chi connectivity index (χ0) is 14.9. The Morgan fingerprint density at radius 3 is 2.30 bits per heavy atom. The molecule has 1 aromatic rings. The molecule has 1 aromatic carbocycles. The molecule has 0 amide bonds. The van der Waals surface area contributed by atoms with E-state index in [2.05, 4.69) is 39.8 Å². The molecule has 1 aliphatic carbocycles. The maximum absolute atomic E-state index is 10.4. The highest BCUT2D eigenvalue weighted by Gasteiger charge is 2.26. The lowest BCUT2D eigenvalue weighted by atomic mass is 9.75. The third-order valence-electron chi connectivity index (χ3n) is 5.42. The molecule has 112 valence electrons. The molecule has 0 aliphatic heterocycles. The molecule has 1 nitrogen and oxygen atoms in total. The number of hydrogen-bond donors (Lipinski definition) is 1. The smallest absolute Gasteiger partial charge is 0.122 e. The van der Waals surface area contributed by atoms with Gasteiger partial charge in [0.25, 0.3) is 0 Å². The SMILES string of the molecule is CCC(C)(C)c1cc(C2CCC(C)CC2)cc(C)c1O. The van der Waals surface area contributed by atoms with Crippen LogP contribution in [0.4, 0.5) is 0 Å². The van der Waals surface area contributed by atoms with E-state index in [4.69, 9.17) is 0 Å². The number of aryl methyl sites for hydroxylation is 1. The summed E-state index contributed by atoms with van der Waals surface area (Å²) in [4.78, 5) is 0. The van der Waals surface area contributed by atoms with Gasteiger partial charge >= 0.3 is 0 Å². The van der Waals surface area contributed by atoms with Crippen molar-refractivity contribution in [3.63, 3.8) is 0 Å². The first kappa shape index (κ1) is 15.4. The summed E-state index contributed by atoms with van der Waals surface area (Å²) >= 11 is 0. The fourth-order valence-electron chi connectivity index (χ4n) is 3.34. The Balaban J connectivity index is 2.36. The van der Waals surface area contributed by atoms with Crippen molar-refractivity contribution in [3.8, 4) is 5.75 Å². The zero-order valence-corrected chi connectivity index (χ0v) is 13.8. The minimum atomic E-state index is 0.0484. The molecule has 0 atom stereocenters. The van der Waals surface area contributed by atoms with Gasteiger partial charge in [-0.15, -0.1) is 0 Å². The number of hydrogen-bond acceptors (Lipinski definition) is 1. The van der Waals surface area contributed by atoms with Gasteiger partial charge in [0, 0.05) is 5.56 Å². The second-order valence-corrected chi connectivity index (χ2v) is 7.43. The molecule has 1 fully saturated rings. The predicted molar refractivity (Wildman–Crippen MR) is 86.5 cm³/mol. The highest BCUT2D eigenvalue weighted by molar-refractivity contribution is 5.47. The molecular formula is C19H30O. The maximum Gasteiger partial charge on any atom is 0.122 e. The van der Waals surface area contributed by atoms with Crippen LogP contribution >= 0.6 is 0 Å². The number of phenols is 1. The van der Waals surface area contributed by atoms with Crippen LogP contribution in [0.5, 0.6) is 5.75 Å². The van der Waals surface area contributed by atoms with Gasteiger partial charge in [-0.2, -0.15) is 0 Å². The molecule has 2 rings (SSSR count). The van der Waals surface area contributed by atoms with E-state index in [1.54, 1.807) is 0 Å². The van der Waals surface area contributed by atoms with E-state index in [1.807, 2.05) is 6.92 Å². The highest BCUT2D eigenvalue weighted by Crippen LogP contribution is 2.41. The van der Waals surface area contributed by atoms with Gasteiger partial charge in [0.2, 0.25) is 0 Å². The summed E-state index contributed by atoms with van der Waals surface area (Å²) in [5.74, 6) is 2.08. The molecule has 1 aliphatic rings. The molecule has 0 bridgehead atoms. The van der Waals surface area contributed by atoms with E-state index in [0.29, 0.717) is 11.7 Å². The van der Waals surface area contributed by atoms with E-state index < -0.39 is 0 Å². The van der Waals surface area contributed by atoms with Gasteiger partial charge < -0.3 is 5.11 Å². The van der Waals surface area contributed by atoms with Crippen molar-refractivity contribution in [3.05, 3.63) is 28.8 Å². The fraction of sp³-hybridized carbons (Fsp3) is 0.684. The summed E-state index contributed by atoms with van der Waals surface area (Å²) in [6.07, 6.45) is 6.34. The van der Waals surface area contributed by atoms with Gasteiger partial charge in [-0.05, 0) is 54.6 Å². The van der Waals surface area contributed by atoms with E-state index in [1.165, 1.54) is 31.2 Å². The Bertz CT molecular complexity index is 465. The van der Waals surface area contributed by atoms with Gasteiger partial charge in [0.15, 0.2) is 0 Å². The standard InChI is InChI=1S/C19H30O/c1-6-19(4,5)17-12-16(11-14(3)18(17)20)15-9-7-13(2)8-10-15/h11-13,15,20H,6-10H2,1-5H3. The Morgan fingerprint density at radius 2 is 1.75 bits per heavy atom. The van der Waals surface area contributed by atoms with Crippen LogP contribution in [0.2, 0.25) is 0 Å². The van der Waals surface area contributed by atoms with Crippen molar-refractivity contribution in [2.75, 3.05) is 0 Å². The molecule has 0 radical (unpaired) electrons. The second kappa shape index (κ2) is 5.79. The molecule has 0 unspecified atom stereocenters. The average molecular weight is 274 g/mol. The number of aromatic hydroxyl groups is 1. The van der Waals surface area contributed by atoms with E-state index >= 15 is 0 Å². The van der Waals surface area contributed by atoms with Crippen molar-refractivity contribution in [1.82, 2.24) is 0 Å². The lowest BCUT2D eigenvalue weighted by molar-refractivity contribution is 0.346. The normalized spacial score (nSPS) is 23.9. The van der Waals surface area contributed by atoms with Gasteiger partial charge in [-0.25, -0.2) is 0 Å². The van der Waals surface area contributed by atoms with Crippen LogP contribution in [-0.2, 0) is 5.41 Å². The third kappa shape index (κ3) is 3.02. The lowest BCUT2D eigenvalue weighted by Crippen LogP contribution is -2.18. The predicted octanol–water partition coefficient (Wildman–Crippen LogP) is 5.68. The summed E-state index contributed by atoms with van der Waals surface area (Å²) in [6.45, 7) is 11.1. The Morgan fingerprint density at radius 1 is 1.15 bits per heavy atom. The van der Waals surface area contributed by atoms with Crippen LogP contribution in [0.3, 0.4) is 0 Å². The Labute approximate surface area is 124 Å². The van der Waals surface area contributed by atoms with Crippen LogP contribution in [-0.4, -0.2) is 5.11 Å². The van der Waals surface area contributed by atoms with Gasteiger partial charge in [0.05, 0.1) is 0 Å². The summed E-state index contributed by atoms with van der Waals surface area (Å²) in [5.41, 5.74) is 3.67. The minimum absolute atomic E-state index is 0.0484. The molecule has 0 aromatic heterocycles. The molecule has 0 heterocycles. The summed E-state index contributed by atoms with van der Waals surface area (Å²) in [6, 6.07) is 4.50. The average Bonchev–Trinajstić information content (AvgIpc) is 2.42. The molecule has 1 heteroatoms. The lowest BCUT2D eigenvalue weighted by Gasteiger charge is -2.30. The van der Waals surface area contributed by atoms with Crippen molar-refractivity contribution in [1.29, 1.82) is 0 Å². The fourth-order valence-corrected chi connectivity index (χ4v) is 3.34. The summed E-state index contributed by atoms with van der Waals surface area (Å²) in [5, 5.41) is 10.4. The van der Waals surface area contributed by atoms with Crippen LogP contribution in [0.15, 0.2) is 12.1 Å². The van der Waals surface area contributed by atoms with Crippen molar-refractivity contribution in [2.24, 2.45) is 5.92 Å². The molecular weight excluding hydrogens is 244 g/mol. The molecule has 20 heavy (non-hydrogen) atoms. The number of rotatable bonds is 3. The van der Waals surface area contributed by atoms with E-state index in [-0.39, 0.29) is 5.41 Å². The van der Waals surface area contributed by atoms with Crippen molar-refractivity contribution < 1.29 is 5.11 Å². The molecule has 0 saturated heterocycles. The Kier molecular flexibility index (Phi) is 4.46. The maximum atomic E-state index is 10.4. The van der Waals surface area contributed by atoms with E-state index in [9.17, 15) is 5.11 Å². The van der Waals surface area contributed by atoms with Crippen LogP contribution < -0.4 is 0 Å². The highest BCUT2D eigenvalue weighted by atomic mass is 16.3. The first-order chi connectivity index (χ1) is 9.35. The van der Waals surface area contributed by atoms with Crippen molar-refractivity contribution >= 4 is 0 Å². The molecule has 1 N–H and O–H groups in total. The van der Waals surface area contributed by atoms with Crippen molar-refractivity contribution in [2.45, 2.75) is 78.1 Å². The summed E-state index contributed by atoms with van der Waals surface area (Å²) < 4.78 is 0. The summed E-state index contributed by atoms with van der Waals surface area (Å²) in [7, 11) is 0. The topological polar surface area (TPSA) is 20.2 Å². The van der Waals surface area contributed by atoms with Gasteiger partial charge in [-0.1, -0.05) is 52.7 Å². The molecule has 1 saturated carbocycles. The second-order valence-electron chi connectivity index (χ2n) is 7.43. The van der Waals surface area contributed by atoms with Crippen LogP contribution in [0.1, 0.15) is 82.4 Å². The first-order valence-corrected chi connectivity index (χ1v) is 8.19. The zero-order valence-electron chi connectivity index (χ0n) is 13.8. The monoisotopic (exact) mass is 274 g/mol. The van der Waals surface area contributed by atoms with Crippen LogP contribution in [0.25, 0.3) is 0 Å². The quantitative estimate of drug-likeness (QED) is 0.751. The third-order valence-corrected chi connectivity index (χ3v) is 5.42. The minimum Gasteiger partial charge on any atom is -0.507 e. The van der Waals surface area contributed by atoms with Gasteiger partial charge in [-0.3, -0.25) is 0 Å². The number of benzene rings is 1. The molecule has 0 spiro atoms. The largest absolute Gasteiger partial charge is 0.507 e. The Hall–Kier alpha value is -0.980.